The van der Waals surface area contributed by atoms with Gasteiger partial charge in [0.25, 0.3) is 0 Å². The van der Waals surface area contributed by atoms with E-state index in [1.807, 2.05) is 0 Å². The van der Waals surface area contributed by atoms with Gasteiger partial charge in [0.2, 0.25) is 5.78 Å². The minimum Gasteiger partial charge on any atom is -0.287 e. The van der Waals surface area contributed by atoms with E-state index in [0.717, 1.165) is 18.3 Å². The fourth-order valence-electron chi connectivity index (χ4n) is 1.32. The molecule has 2 nitrogen and oxygen atoms in total. The van der Waals surface area contributed by atoms with Gasteiger partial charge in [-0.15, -0.1) is 0 Å². The molecule has 0 saturated carbocycles. The number of halogens is 3. The highest BCUT2D eigenvalue weighted by atomic mass is 35.5. The summed E-state index contributed by atoms with van der Waals surface area (Å²) >= 11 is 5.57. The van der Waals surface area contributed by atoms with Gasteiger partial charge in [-0.2, -0.15) is 0 Å². The molecule has 0 fully saturated rings. The third-order valence-corrected chi connectivity index (χ3v) is 2.37. The van der Waals surface area contributed by atoms with Crippen molar-refractivity contribution in [2.75, 3.05) is 0 Å². The van der Waals surface area contributed by atoms with Gasteiger partial charge < -0.3 is 0 Å². The number of rotatable bonds is 2. The summed E-state index contributed by atoms with van der Waals surface area (Å²) in [6.07, 6.45) is 0.904. The lowest BCUT2D eigenvalue weighted by Gasteiger charge is -2.02. The second-order valence-electron chi connectivity index (χ2n) is 3.31. The van der Waals surface area contributed by atoms with Crippen molar-refractivity contribution in [3.05, 3.63) is 64.4 Å². The predicted octanol–water partition coefficient (Wildman–Crippen LogP) is 3.24. The quantitative estimate of drug-likeness (QED) is 0.769. The molecule has 5 heteroatoms. The van der Waals surface area contributed by atoms with Crippen LogP contribution in [0.2, 0.25) is 5.02 Å². The SMILES string of the molecule is O=C(c1ccc(F)cn1)c1ccc(Cl)cc1F. The molecule has 2 rings (SSSR count). The lowest BCUT2D eigenvalue weighted by molar-refractivity contribution is 0.103. The van der Waals surface area contributed by atoms with E-state index in [4.69, 9.17) is 11.6 Å². The van der Waals surface area contributed by atoms with Crippen LogP contribution in [-0.4, -0.2) is 10.8 Å². The Labute approximate surface area is 101 Å². The van der Waals surface area contributed by atoms with Gasteiger partial charge in [0.05, 0.1) is 11.8 Å². The Hall–Kier alpha value is -1.81. The van der Waals surface area contributed by atoms with Crippen molar-refractivity contribution in [2.45, 2.75) is 0 Å². The molecule has 0 amide bonds. The first-order chi connectivity index (χ1) is 8.08. The van der Waals surface area contributed by atoms with E-state index in [9.17, 15) is 13.6 Å². The van der Waals surface area contributed by atoms with Crippen LogP contribution >= 0.6 is 11.6 Å². The second kappa shape index (κ2) is 4.59. The van der Waals surface area contributed by atoms with Gasteiger partial charge in [-0.25, -0.2) is 13.8 Å². The molecule has 0 saturated heterocycles. The van der Waals surface area contributed by atoms with E-state index in [1.165, 1.54) is 18.2 Å². The Morgan fingerprint density at radius 3 is 2.53 bits per heavy atom. The van der Waals surface area contributed by atoms with Crippen LogP contribution in [0.4, 0.5) is 8.78 Å². The topological polar surface area (TPSA) is 30.0 Å². The van der Waals surface area contributed by atoms with Crippen molar-refractivity contribution in [2.24, 2.45) is 0 Å². The maximum absolute atomic E-state index is 13.5. The maximum Gasteiger partial charge on any atom is 0.214 e. The number of aromatic nitrogens is 1. The average molecular weight is 254 g/mol. The van der Waals surface area contributed by atoms with Gasteiger partial charge in [0, 0.05) is 5.02 Å². The van der Waals surface area contributed by atoms with Crippen molar-refractivity contribution in [1.82, 2.24) is 4.98 Å². The van der Waals surface area contributed by atoms with E-state index in [1.54, 1.807) is 0 Å². The molecule has 0 aliphatic rings. The Bertz CT molecular complexity index is 569. The molecule has 0 unspecified atom stereocenters. The minimum atomic E-state index is -0.728. The van der Waals surface area contributed by atoms with Crippen molar-refractivity contribution in [3.8, 4) is 0 Å². The minimum absolute atomic E-state index is 0.0207. The van der Waals surface area contributed by atoms with Crippen molar-refractivity contribution >= 4 is 17.4 Å². The molecule has 0 spiro atoms. The molecular formula is C12H6ClF2NO. The Balaban J connectivity index is 2.40. The number of hydrogen-bond donors (Lipinski definition) is 0. The number of benzene rings is 1. The molecule has 1 heterocycles. The molecule has 86 valence electrons. The fourth-order valence-corrected chi connectivity index (χ4v) is 1.48. The van der Waals surface area contributed by atoms with E-state index >= 15 is 0 Å². The van der Waals surface area contributed by atoms with Gasteiger partial charge in [-0.05, 0) is 30.3 Å². The fraction of sp³-hybridized carbons (Fsp3) is 0. The molecule has 17 heavy (non-hydrogen) atoms. The van der Waals surface area contributed by atoms with Crippen molar-refractivity contribution in [1.29, 1.82) is 0 Å². The molecule has 0 bridgehead atoms. The Kier molecular flexibility index (Phi) is 3.15. The predicted molar refractivity (Wildman–Crippen MR) is 59.0 cm³/mol. The summed E-state index contributed by atoms with van der Waals surface area (Å²) in [5.74, 6) is -1.90. The molecule has 2 aromatic rings. The summed E-state index contributed by atoms with van der Waals surface area (Å²) in [6, 6.07) is 6.00. The van der Waals surface area contributed by atoms with Gasteiger partial charge in [0.15, 0.2) is 0 Å². The number of hydrogen-bond acceptors (Lipinski definition) is 2. The normalized spacial score (nSPS) is 10.3. The lowest BCUT2D eigenvalue weighted by Crippen LogP contribution is -2.06. The standard InChI is InChI=1S/C12H6ClF2NO/c13-7-1-3-9(10(15)5-7)12(17)11-4-2-8(14)6-16-11/h1-6H. The summed E-state index contributed by atoms with van der Waals surface area (Å²) in [6.45, 7) is 0. The first-order valence-corrected chi connectivity index (χ1v) is 5.07. The number of carbonyl (C=O) groups excluding carboxylic acids is 1. The maximum atomic E-state index is 13.5. The largest absolute Gasteiger partial charge is 0.287 e. The third-order valence-electron chi connectivity index (χ3n) is 2.14. The summed E-state index contributed by atoms with van der Waals surface area (Å²) < 4.78 is 26.1. The average Bonchev–Trinajstić information content (AvgIpc) is 2.29. The number of ketones is 1. The van der Waals surface area contributed by atoms with Gasteiger partial charge >= 0.3 is 0 Å². The van der Waals surface area contributed by atoms with Crippen LogP contribution in [0, 0.1) is 11.6 Å². The molecule has 0 atom stereocenters. The summed E-state index contributed by atoms with van der Waals surface area (Å²) in [5.41, 5.74) is -0.166. The van der Waals surface area contributed by atoms with Crippen molar-refractivity contribution in [3.63, 3.8) is 0 Å². The second-order valence-corrected chi connectivity index (χ2v) is 3.75. The third kappa shape index (κ3) is 2.47. The molecule has 0 N–H and O–H groups in total. The van der Waals surface area contributed by atoms with Crippen LogP contribution in [0.25, 0.3) is 0 Å². The zero-order valence-electron chi connectivity index (χ0n) is 8.45. The monoisotopic (exact) mass is 253 g/mol. The highest BCUT2D eigenvalue weighted by molar-refractivity contribution is 6.30. The first-order valence-electron chi connectivity index (χ1n) is 4.69. The molecule has 1 aromatic heterocycles. The van der Waals surface area contributed by atoms with E-state index in [-0.39, 0.29) is 16.3 Å². The Morgan fingerprint density at radius 2 is 1.94 bits per heavy atom. The van der Waals surface area contributed by atoms with Gasteiger partial charge in [0.1, 0.15) is 17.3 Å². The molecular weight excluding hydrogens is 248 g/mol. The zero-order valence-corrected chi connectivity index (χ0v) is 9.21. The molecule has 0 aliphatic carbocycles. The van der Waals surface area contributed by atoms with Crippen LogP contribution in [0.5, 0.6) is 0 Å². The number of carbonyl (C=O) groups is 1. The Morgan fingerprint density at radius 1 is 1.18 bits per heavy atom. The smallest absolute Gasteiger partial charge is 0.214 e. The van der Waals surface area contributed by atoms with Crippen LogP contribution in [0.3, 0.4) is 0 Å². The van der Waals surface area contributed by atoms with Gasteiger partial charge in [-0.1, -0.05) is 11.6 Å². The van der Waals surface area contributed by atoms with E-state index in [0.29, 0.717) is 0 Å². The highest BCUT2D eigenvalue weighted by Crippen LogP contribution is 2.17. The number of pyridine rings is 1. The molecule has 1 aromatic carbocycles. The van der Waals surface area contributed by atoms with Crippen LogP contribution in [-0.2, 0) is 0 Å². The summed E-state index contributed by atoms with van der Waals surface area (Å²) in [4.78, 5) is 15.4. The van der Waals surface area contributed by atoms with E-state index < -0.39 is 17.4 Å². The first kappa shape index (κ1) is 11.7. The summed E-state index contributed by atoms with van der Waals surface area (Å²) in [5, 5.41) is 0.200. The zero-order chi connectivity index (χ0) is 12.4. The summed E-state index contributed by atoms with van der Waals surface area (Å²) in [7, 11) is 0. The molecule has 0 aliphatic heterocycles. The van der Waals surface area contributed by atoms with Crippen LogP contribution < -0.4 is 0 Å². The van der Waals surface area contributed by atoms with Crippen LogP contribution in [0.15, 0.2) is 36.5 Å². The van der Waals surface area contributed by atoms with Gasteiger partial charge in [-0.3, -0.25) is 4.79 Å². The van der Waals surface area contributed by atoms with E-state index in [2.05, 4.69) is 4.98 Å². The van der Waals surface area contributed by atoms with Crippen LogP contribution in [0.1, 0.15) is 16.1 Å². The highest BCUT2D eigenvalue weighted by Gasteiger charge is 2.15. The molecule has 0 radical (unpaired) electrons. The lowest BCUT2D eigenvalue weighted by atomic mass is 10.1. The number of nitrogens with zero attached hydrogens (tertiary/aromatic N) is 1. The van der Waals surface area contributed by atoms with Crippen molar-refractivity contribution < 1.29 is 13.6 Å².